The molecule has 4 rings (SSSR count). The van der Waals surface area contributed by atoms with Crippen LogP contribution in [0.5, 0.6) is 0 Å². The van der Waals surface area contributed by atoms with Gasteiger partial charge >= 0.3 is 12.4 Å². The number of likely N-dealkylation sites (tertiary alicyclic amines) is 1. The summed E-state index contributed by atoms with van der Waals surface area (Å²) in [6.45, 7) is 2.53. The number of carbonyl (C=O) groups is 3. The molecule has 2 aromatic carbocycles. The van der Waals surface area contributed by atoms with Crippen molar-refractivity contribution in [1.82, 2.24) is 14.8 Å². The Morgan fingerprint density at radius 2 is 1.62 bits per heavy atom. The number of amides is 3. The van der Waals surface area contributed by atoms with Crippen LogP contribution in [0.1, 0.15) is 57.4 Å². The van der Waals surface area contributed by atoms with Gasteiger partial charge in [-0.05, 0) is 72.5 Å². The van der Waals surface area contributed by atoms with Crippen LogP contribution in [0.15, 0.2) is 54.7 Å². The van der Waals surface area contributed by atoms with E-state index in [4.69, 9.17) is 0 Å². The highest BCUT2D eigenvalue weighted by molar-refractivity contribution is 5.95. The maximum absolute atomic E-state index is 14.0. The summed E-state index contributed by atoms with van der Waals surface area (Å²) in [6.07, 6.45) is -8.67. The van der Waals surface area contributed by atoms with Gasteiger partial charge < -0.3 is 15.1 Å². The lowest BCUT2D eigenvalue weighted by Gasteiger charge is -2.40. The van der Waals surface area contributed by atoms with Crippen LogP contribution in [0.25, 0.3) is 0 Å². The molecule has 3 amide bonds. The van der Waals surface area contributed by atoms with Crippen molar-refractivity contribution >= 4 is 23.5 Å². The van der Waals surface area contributed by atoms with Gasteiger partial charge in [0.05, 0.1) is 16.7 Å². The van der Waals surface area contributed by atoms with Crippen LogP contribution in [0.3, 0.4) is 0 Å². The summed E-state index contributed by atoms with van der Waals surface area (Å²) in [4.78, 5) is 45.0. The largest absolute Gasteiger partial charge is 0.416 e. The minimum atomic E-state index is -5.04. The average molecular weight is 639 g/mol. The van der Waals surface area contributed by atoms with Gasteiger partial charge in [0, 0.05) is 51.6 Å². The maximum atomic E-state index is 14.0. The number of carbonyl (C=O) groups excluding carboxylic acids is 3. The van der Waals surface area contributed by atoms with Gasteiger partial charge in [-0.25, -0.2) is 9.37 Å². The van der Waals surface area contributed by atoms with Crippen LogP contribution in [0.2, 0.25) is 0 Å². The fraction of sp³-hybridized carbons (Fsp3) is 0.355. The number of aryl methyl sites for hydroxylation is 1. The van der Waals surface area contributed by atoms with Gasteiger partial charge in [-0.3, -0.25) is 14.4 Å². The molecule has 2 unspecified atom stereocenters. The highest BCUT2D eigenvalue weighted by Gasteiger charge is 2.40. The number of halogens is 7. The summed E-state index contributed by atoms with van der Waals surface area (Å²) in [5.41, 5.74) is -2.04. The summed E-state index contributed by atoms with van der Waals surface area (Å²) in [5.74, 6) is -3.07. The first-order valence-electron chi connectivity index (χ1n) is 13.8. The Bertz CT molecular complexity index is 1560. The first-order valence-corrected chi connectivity index (χ1v) is 13.8. The number of rotatable bonds is 6. The molecule has 0 spiro atoms. The molecule has 0 bridgehead atoms. The van der Waals surface area contributed by atoms with E-state index in [2.05, 4.69) is 10.3 Å². The zero-order valence-corrected chi connectivity index (χ0v) is 24.4. The van der Waals surface area contributed by atoms with Crippen LogP contribution in [0, 0.1) is 18.7 Å². The van der Waals surface area contributed by atoms with E-state index in [1.54, 1.807) is 6.92 Å². The Labute approximate surface area is 254 Å². The lowest BCUT2D eigenvalue weighted by molar-refractivity contribution is -0.143. The third kappa shape index (κ3) is 7.97. The van der Waals surface area contributed by atoms with Crippen molar-refractivity contribution in [1.29, 1.82) is 0 Å². The number of piperidine rings is 1. The third-order valence-corrected chi connectivity index (χ3v) is 7.61. The smallest absolute Gasteiger partial charge is 0.341 e. The second kappa shape index (κ2) is 12.9. The number of benzene rings is 2. The van der Waals surface area contributed by atoms with Gasteiger partial charge in [0.15, 0.2) is 0 Å². The highest BCUT2D eigenvalue weighted by atomic mass is 19.4. The molecule has 240 valence electrons. The molecule has 45 heavy (non-hydrogen) atoms. The van der Waals surface area contributed by atoms with E-state index in [1.807, 2.05) is 0 Å². The molecule has 0 saturated carbocycles. The van der Waals surface area contributed by atoms with Gasteiger partial charge in [-0.15, -0.1) is 0 Å². The number of hydrogen-bond acceptors (Lipinski definition) is 4. The molecular weight excluding hydrogens is 609 g/mol. The van der Waals surface area contributed by atoms with Crippen molar-refractivity contribution in [3.8, 4) is 0 Å². The zero-order valence-electron chi connectivity index (χ0n) is 24.4. The van der Waals surface area contributed by atoms with Crippen LogP contribution >= 0.6 is 0 Å². The van der Waals surface area contributed by atoms with Crippen molar-refractivity contribution in [3.05, 3.63) is 93.9 Å². The fourth-order valence-electron chi connectivity index (χ4n) is 5.51. The van der Waals surface area contributed by atoms with E-state index in [9.17, 15) is 45.1 Å². The predicted molar refractivity (Wildman–Crippen MR) is 149 cm³/mol. The van der Waals surface area contributed by atoms with E-state index < -0.39 is 59.5 Å². The first kappa shape index (κ1) is 33.4. The van der Waals surface area contributed by atoms with Gasteiger partial charge in [-0.2, -0.15) is 26.3 Å². The molecular formula is C31H29F7N4O3. The summed E-state index contributed by atoms with van der Waals surface area (Å²) in [7, 11) is 1.28. The predicted octanol–water partition coefficient (Wildman–Crippen LogP) is 6.43. The standard InChI is InChI=1S/C31H29F7N4O3/c1-17-10-23(32)5-6-24(17)26-16-42(28(44)20-4-7-27(39-14-20)40-18(2)43)9-8-25(26)29(45)41(3)15-19-11-21(30(33,34)35)13-22(12-19)31(36,37)38/h4-7,10-14,25-26H,8-9,15-16H2,1-3H3,(H,39,40,43). The molecule has 1 N–H and O–H groups in total. The van der Waals surface area contributed by atoms with E-state index in [-0.39, 0.29) is 48.4 Å². The Balaban J connectivity index is 1.61. The van der Waals surface area contributed by atoms with Gasteiger partial charge in [0.2, 0.25) is 11.8 Å². The molecule has 1 fully saturated rings. The maximum Gasteiger partial charge on any atom is 0.416 e. The molecule has 1 aromatic heterocycles. The molecule has 2 heterocycles. The second-order valence-corrected chi connectivity index (χ2v) is 11.0. The number of nitrogens with zero attached hydrogens (tertiary/aromatic N) is 3. The molecule has 3 aromatic rings. The van der Waals surface area contributed by atoms with Crippen LogP contribution < -0.4 is 5.32 Å². The molecule has 0 aliphatic carbocycles. The van der Waals surface area contributed by atoms with Gasteiger partial charge in [-0.1, -0.05) is 6.07 Å². The number of anilines is 1. The van der Waals surface area contributed by atoms with E-state index >= 15 is 0 Å². The van der Waals surface area contributed by atoms with Crippen LogP contribution in [-0.2, 0) is 28.5 Å². The van der Waals surface area contributed by atoms with Gasteiger partial charge in [0.1, 0.15) is 11.6 Å². The van der Waals surface area contributed by atoms with E-state index in [0.717, 1.165) is 4.90 Å². The zero-order chi connectivity index (χ0) is 33.3. The average Bonchev–Trinajstić information content (AvgIpc) is 2.95. The summed E-state index contributed by atoms with van der Waals surface area (Å²) in [6, 6.07) is 8.09. The van der Waals surface area contributed by atoms with Crippen molar-refractivity contribution < 1.29 is 45.1 Å². The van der Waals surface area contributed by atoms with Crippen molar-refractivity contribution in [2.45, 2.75) is 45.1 Å². The summed E-state index contributed by atoms with van der Waals surface area (Å²) < 4.78 is 94.3. The quantitative estimate of drug-likeness (QED) is 0.316. The van der Waals surface area contributed by atoms with E-state index in [1.165, 1.54) is 55.4 Å². The number of alkyl halides is 6. The SMILES string of the molecule is CC(=O)Nc1ccc(C(=O)N2CCC(C(=O)N(C)Cc3cc(C(F)(F)F)cc(C(F)(F)F)c3)C(c3ccc(F)cc3C)C2)cn1. The monoisotopic (exact) mass is 638 g/mol. The normalized spacial score (nSPS) is 17.2. The molecule has 7 nitrogen and oxygen atoms in total. The second-order valence-electron chi connectivity index (χ2n) is 11.0. The minimum absolute atomic E-state index is 0.0186. The number of hydrogen-bond donors (Lipinski definition) is 1. The number of nitrogens with one attached hydrogen (secondary N) is 1. The molecule has 1 aliphatic rings. The molecule has 2 atom stereocenters. The Morgan fingerprint density at radius 3 is 2.16 bits per heavy atom. The molecule has 1 aliphatic heterocycles. The molecule has 1 saturated heterocycles. The molecule has 0 radical (unpaired) electrons. The molecule has 14 heteroatoms. The Kier molecular flexibility index (Phi) is 9.54. The third-order valence-electron chi connectivity index (χ3n) is 7.61. The summed E-state index contributed by atoms with van der Waals surface area (Å²) >= 11 is 0. The van der Waals surface area contributed by atoms with Crippen LogP contribution in [-0.4, -0.2) is 52.6 Å². The highest BCUT2D eigenvalue weighted by Crippen LogP contribution is 2.38. The number of pyridine rings is 1. The van der Waals surface area contributed by atoms with Crippen molar-refractivity contribution in [2.24, 2.45) is 5.92 Å². The topological polar surface area (TPSA) is 82.6 Å². The Hall–Kier alpha value is -4.49. The first-order chi connectivity index (χ1) is 20.9. The van der Waals surface area contributed by atoms with Crippen molar-refractivity contribution in [2.75, 3.05) is 25.5 Å². The Morgan fingerprint density at radius 1 is 0.978 bits per heavy atom. The number of aromatic nitrogens is 1. The fourth-order valence-corrected chi connectivity index (χ4v) is 5.51. The minimum Gasteiger partial charge on any atom is -0.341 e. The summed E-state index contributed by atoms with van der Waals surface area (Å²) in [5, 5.41) is 2.50. The van der Waals surface area contributed by atoms with Crippen molar-refractivity contribution in [3.63, 3.8) is 0 Å². The van der Waals surface area contributed by atoms with Crippen LogP contribution in [0.4, 0.5) is 36.6 Å². The van der Waals surface area contributed by atoms with Gasteiger partial charge in [0.25, 0.3) is 5.91 Å². The van der Waals surface area contributed by atoms with E-state index in [0.29, 0.717) is 23.3 Å². The lowest BCUT2D eigenvalue weighted by atomic mass is 9.78. The lowest BCUT2D eigenvalue weighted by Crippen LogP contribution is -2.47.